The highest BCUT2D eigenvalue weighted by molar-refractivity contribution is 6.29. The van der Waals surface area contributed by atoms with Crippen LogP contribution in [0.15, 0.2) is 16.6 Å². The van der Waals surface area contributed by atoms with Crippen molar-refractivity contribution < 1.29 is 0 Å². The highest BCUT2D eigenvalue weighted by Gasteiger charge is 2.15. The molecular formula is C2HCl2N3+. The summed E-state index contributed by atoms with van der Waals surface area (Å²) in [4.78, 5) is 0. The molecule has 1 rings (SSSR count). The van der Waals surface area contributed by atoms with Crippen molar-refractivity contribution in [3.63, 3.8) is 0 Å². The van der Waals surface area contributed by atoms with Crippen LogP contribution in [-0.4, -0.2) is 4.53 Å². The summed E-state index contributed by atoms with van der Waals surface area (Å²) >= 11 is 10.5. The first-order valence-electron chi connectivity index (χ1n) is 1.53. The predicted molar refractivity (Wildman–Crippen MR) is 26.2 cm³/mol. The van der Waals surface area contributed by atoms with Crippen molar-refractivity contribution in [3.05, 3.63) is 11.4 Å². The Balaban J connectivity index is 2.69. The van der Waals surface area contributed by atoms with Gasteiger partial charge >= 0.3 is 5.16 Å². The number of hydrogen-bond donors (Lipinski definition) is 0. The van der Waals surface area contributed by atoms with E-state index in [9.17, 15) is 0 Å². The fourth-order valence-corrected chi connectivity index (χ4v) is 0.527. The van der Waals surface area contributed by atoms with Gasteiger partial charge in [0.25, 0.3) is 0 Å². The third-order valence-corrected chi connectivity index (χ3v) is 0.777. The Bertz CT molecular complexity index is 129. The van der Waals surface area contributed by atoms with Crippen LogP contribution in [-0.2, 0) is 0 Å². The SMILES string of the molecule is ClC1=CN(Cl)N=[N+]1. The highest BCUT2D eigenvalue weighted by Crippen LogP contribution is 2.08. The minimum Gasteiger partial charge on any atom is -0.0274 e. The van der Waals surface area contributed by atoms with Gasteiger partial charge in [-0.25, -0.2) is 0 Å². The minimum atomic E-state index is 0.301. The fraction of sp³-hybridized carbons (Fsp3) is 0. The Kier molecular flexibility index (Phi) is 1.17. The zero-order chi connectivity index (χ0) is 5.28. The molecule has 1 radical (unpaired) electrons. The molecule has 0 spiro atoms. The summed E-state index contributed by atoms with van der Waals surface area (Å²) in [5.41, 5.74) is 0. The molecule has 3 nitrogen and oxygen atoms in total. The highest BCUT2D eigenvalue weighted by atomic mass is 35.5. The van der Waals surface area contributed by atoms with Crippen LogP contribution in [0.5, 0.6) is 0 Å². The molecular weight excluding hydrogens is 137 g/mol. The third-order valence-electron chi connectivity index (χ3n) is 0.439. The van der Waals surface area contributed by atoms with Gasteiger partial charge in [-0.2, -0.15) is 0 Å². The van der Waals surface area contributed by atoms with E-state index in [4.69, 9.17) is 23.4 Å². The monoisotopic (exact) mass is 137 g/mol. The van der Waals surface area contributed by atoms with Crippen LogP contribution in [0.2, 0.25) is 0 Å². The van der Waals surface area contributed by atoms with Crippen molar-refractivity contribution in [2.24, 2.45) is 5.22 Å². The molecule has 0 saturated carbocycles. The number of rotatable bonds is 0. The molecule has 0 aromatic heterocycles. The first-order valence-corrected chi connectivity index (χ1v) is 2.24. The maximum atomic E-state index is 5.28. The summed E-state index contributed by atoms with van der Waals surface area (Å²) < 4.78 is 1.02. The van der Waals surface area contributed by atoms with Crippen molar-refractivity contribution in [2.75, 3.05) is 0 Å². The second kappa shape index (κ2) is 1.68. The number of nitrogens with zero attached hydrogens (tertiary/aromatic N) is 3. The molecule has 1 aliphatic heterocycles. The van der Waals surface area contributed by atoms with Gasteiger partial charge in [-0.1, -0.05) is 0 Å². The Morgan fingerprint density at radius 2 is 2.57 bits per heavy atom. The zero-order valence-electron chi connectivity index (χ0n) is 3.17. The van der Waals surface area contributed by atoms with Crippen molar-refractivity contribution in [2.45, 2.75) is 0 Å². The molecule has 7 heavy (non-hydrogen) atoms. The molecule has 0 bridgehead atoms. The summed E-state index contributed by atoms with van der Waals surface area (Å²) in [6, 6.07) is 0. The zero-order valence-corrected chi connectivity index (χ0v) is 4.69. The van der Waals surface area contributed by atoms with Crippen molar-refractivity contribution in [1.29, 1.82) is 0 Å². The smallest absolute Gasteiger partial charge is 0.0274 e. The van der Waals surface area contributed by atoms with Crippen LogP contribution in [0.25, 0.3) is 0 Å². The van der Waals surface area contributed by atoms with Gasteiger partial charge in [0.05, 0.1) is 5.11 Å². The molecule has 5 heteroatoms. The maximum Gasteiger partial charge on any atom is 0.313 e. The Morgan fingerprint density at radius 1 is 1.86 bits per heavy atom. The van der Waals surface area contributed by atoms with E-state index in [1.165, 1.54) is 6.20 Å². The largest absolute Gasteiger partial charge is 0.313 e. The van der Waals surface area contributed by atoms with E-state index in [0.29, 0.717) is 5.16 Å². The standard InChI is InChI=1S/C2HCl2N3/c3-2-1-7(4)6-5-2/h1H/q+1. The maximum absolute atomic E-state index is 5.28. The van der Waals surface area contributed by atoms with Gasteiger partial charge in [-0.3, -0.25) is 0 Å². The molecule has 0 fully saturated rings. The van der Waals surface area contributed by atoms with E-state index in [1.807, 2.05) is 0 Å². The van der Waals surface area contributed by atoms with Gasteiger partial charge in [-0.15, -0.1) is 0 Å². The van der Waals surface area contributed by atoms with Gasteiger partial charge in [0.15, 0.2) is 17.0 Å². The summed E-state index contributed by atoms with van der Waals surface area (Å²) in [7, 11) is 0. The van der Waals surface area contributed by atoms with Crippen LogP contribution in [0.1, 0.15) is 0 Å². The molecule has 0 atom stereocenters. The molecule has 1 aliphatic rings. The van der Waals surface area contributed by atoms with Gasteiger partial charge < -0.3 is 0 Å². The van der Waals surface area contributed by atoms with Crippen LogP contribution in [0.3, 0.4) is 0 Å². The predicted octanol–water partition coefficient (Wildman–Crippen LogP) is 1.20. The first-order chi connectivity index (χ1) is 3.29. The van der Waals surface area contributed by atoms with Crippen LogP contribution < -0.4 is 5.11 Å². The lowest BCUT2D eigenvalue weighted by molar-refractivity contribution is 0.622. The van der Waals surface area contributed by atoms with E-state index in [2.05, 4.69) is 10.3 Å². The van der Waals surface area contributed by atoms with E-state index in [1.54, 1.807) is 0 Å². The lowest BCUT2D eigenvalue weighted by Gasteiger charge is -1.72. The average molecular weight is 138 g/mol. The van der Waals surface area contributed by atoms with E-state index < -0.39 is 0 Å². The lowest BCUT2D eigenvalue weighted by atomic mass is 11.0. The normalized spacial score (nSPS) is 18.0. The van der Waals surface area contributed by atoms with Crippen molar-refractivity contribution in [3.8, 4) is 0 Å². The molecule has 0 N–H and O–H groups in total. The summed E-state index contributed by atoms with van der Waals surface area (Å²) in [6.07, 6.45) is 1.39. The van der Waals surface area contributed by atoms with Crippen molar-refractivity contribution >= 4 is 23.4 Å². The van der Waals surface area contributed by atoms with Crippen LogP contribution in [0.4, 0.5) is 0 Å². The third kappa shape index (κ3) is 1.04. The van der Waals surface area contributed by atoms with Gasteiger partial charge in [0, 0.05) is 0 Å². The minimum absolute atomic E-state index is 0.301. The lowest BCUT2D eigenvalue weighted by Crippen LogP contribution is -1.83. The molecule has 1 heterocycles. The number of hydrogen-bond acceptors (Lipinski definition) is 3. The average Bonchev–Trinajstić information content (AvgIpc) is 1.87. The van der Waals surface area contributed by atoms with Gasteiger partial charge in [0.1, 0.15) is 0 Å². The topological polar surface area (TPSA) is 29.7 Å². The van der Waals surface area contributed by atoms with Crippen LogP contribution >= 0.6 is 23.4 Å². The summed E-state index contributed by atoms with van der Waals surface area (Å²) in [5.74, 6) is 0. The molecule has 37 valence electrons. The summed E-state index contributed by atoms with van der Waals surface area (Å²) in [6.45, 7) is 0. The molecule has 0 aromatic carbocycles. The quantitative estimate of drug-likeness (QED) is 0.365. The molecule has 0 unspecified atom stereocenters. The van der Waals surface area contributed by atoms with Gasteiger partial charge in [0.2, 0.25) is 6.20 Å². The molecule has 0 saturated heterocycles. The first kappa shape index (κ1) is 4.87. The van der Waals surface area contributed by atoms with Crippen molar-refractivity contribution in [1.82, 2.24) is 9.64 Å². The van der Waals surface area contributed by atoms with E-state index >= 15 is 0 Å². The van der Waals surface area contributed by atoms with E-state index in [0.717, 1.165) is 4.53 Å². The van der Waals surface area contributed by atoms with Crippen LogP contribution in [0, 0.1) is 0 Å². The Hall–Kier alpha value is -0.280. The van der Waals surface area contributed by atoms with E-state index in [-0.39, 0.29) is 0 Å². The van der Waals surface area contributed by atoms with Gasteiger partial charge in [-0.05, 0) is 16.1 Å². The number of halogens is 2. The second-order valence-electron chi connectivity index (χ2n) is 0.930. The fourth-order valence-electron chi connectivity index (χ4n) is 0.225. The second-order valence-corrected chi connectivity index (χ2v) is 1.66. The molecule has 0 aromatic rings. The molecule has 0 aliphatic carbocycles. The Morgan fingerprint density at radius 3 is 2.71 bits per heavy atom. The summed E-state index contributed by atoms with van der Waals surface area (Å²) in [5, 5.41) is 6.98. The Labute approximate surface area is 50.3 Å². The molecule has 0 amide bonds.